The molecule has 0 radical (unpaired) electrons. The first kappa shape index (κ1) is 19.0. The Morgan fingerprint density at radius 2 is 1.82 bits per heavy atom. The Hall–Kier alpha value is -1.01. The summed E-state index contributed by atoms with van der Waals surface area (Å²) in [7, 11) is 1.66. The fourth-order valence-electron chi connectivity index (χ4n) is 1.74. The second kappa shape index (κ2) is 8.58. The van der Waals surface area contributed by atoms with E-state index in [1.54, 1.807) is 18.8 Å². The molecule has 122 valence electrons. The van der Waals surface area contributed by atoms with E-state index in [1.165, 1.54) is 4.90 Å². The Kier molecular flexibility index (Phi) is 7.42. The molecule has 1 N–H and O–H groups in total. The molecule has 0 aliphatic heterocycles. The number of likely N-dealkylation sites (N-methyl/N-ethyl adjacent to an activating group) is 1. The molecule has 0 saturated heterocycles. The maximum absolute atomic E-state index is 12.0. The molecule has 0 fully saturated rings. The minimum Gasteiger partial charge on any atom is -0.350 e. The summed E-state index contributed by atoms with van der Waals surface area (Å²) in [4.78, 5) is 26.4. The number of halogens is 1. The summed E-state index contributed by atoms with van der Waals surface area (Å²) in [6.45, 7) is 5.85. The van der Waals surface area contributed by atoms with Crippen molar-refractivity contribution in [3.8, 4) is 0 Å². The summed E-state index contributed by atoms with van der Waals surface area (Å²) in [5.41, 5.74) is -0.279. The van der Waals surface area contributed by atoms with E-state index in [0.717, 1.165) is 9.37 Å². The number of thioether (sulfide) groups is 1. The summed E-state index contributed by atoms with van der Waals surface area (Å²) in [5, 5.41) is 2.85. The van der Waals surface area contributed by atoms with Gasteiger partial charge in [0.1, 0.15) is 0 Å². The van der Waals surface area contributed by atoms with Crippen molar-refractivity contribution in [2.45, 2.75) is 37.6 Å². The standard InChI is InChI=1S/C16H23BrN2O2S/c1-16(2,3)18-14(20)11-19(4)15(21)9-10-22-13-7-5-12(17)6-8-13/h5-8H,9-11H2,1-4H3,(H,18,20). The molecule has 22 heavy (non-hydrogen) atoms. The third-order valence-corrected chi connectivity index (χ3v) is 4.26. The molecule has 0 unspecified atom stereocenters. The van der Waals surface area contributed by atoms with E-state index < -0.39 is 0 Å². The number of hydrogen-bond donors (Lipinski definition) is 1. The topological polar surface area (TPSA) is 49.4 Å². The molecule has 0 aliphatic carbocycles. The van der Waals surface area contributed by atoms with Gasteiger partial charge in [-0.05, 0) is 45.0 Å². The first-order valence-electron chi connectivity index (χ1n) is 7.11. The number of nitrogens with zero attached hydrogens (tertiary/aromatic N) is 1. The number of carbonyl (C=O) groups excluding carboxylic acids is 2. The predicted molar refractivity (Wildman–Crippen MR) is 95.0 cm³/mol. The highest BCUT2D eigenvalue weighted by Crippen LogP contribution is 2.21. The lowest BCUT2D eigenvalue weighted by molar-refractivity contribution is -0.134. The second-order valence-corrected chi connectivity index (χ2v) is 8.18. The summed E-state index contributed by atoms with van der Waals surface area (Å²) < 4.78 is 1.04. The van der Waals surface area contributed by atoms with Gasteiger partial charge in [0, 0.05) is 34.1 Å². The number of carbonyl (C=O) groups is 2. The molecule has 1 rings (SSSR count). The average molecular weight is 387 g/mol. The van der Waals surface area contributed by atoms with Gasteiger partial charge in [-0.1, -0.05) is 15.9 Å². The zero-order valence-electron chi connectivity index (χ0n) is 13.5. The lowest BCUT2D eigenvalue weighted by Crippen LogP contribution is -2.46. The average Bonchev–Trinajstić information content (AvgIpc) is 2.38. The molecule has 0 aliphatic rings. The summed E-state index contributed by atoms with van der Waals surface area (Å²) in [6.07, 6.45) is 0.417. The van der Waals surface area contributed by atoms with E-state index >= 15 is 0 Å². The van der Waals surface area contributed by atoms with Gasteiger partial charge >= 0.3 is 0 Å². The van der Waals surface area contributed by atoms with Gasteiger partial charge < -0.3 is 10.2 Å². The van der Waals surface area contributed by atoms with Gasteiger partial charge in [0.25, 0.3) is 0 Å². The summed E-state index contributed by atoms with van der Waals surface area (Å²) >= 11 is 5.03. The number of hydrogen-bond acceptors (Lipinski definition) is 3. The van der Waals surface area contributed by atoms with Gasteiger partial charge in [-0.3, -0.25) is 9.59 Å². The van der Waals surface area contributed by atoms with E-state index in [-0.39, 0.29) is 23.9 Å². The molecule has 1 aromatic rings. The Morgan fingerprint density at radius 3 is 2.36 bits per heavy atom. The van der Waals surface area contributed by atoms with Crippen LogP contribution in [0.15, 0.2) is 33.6 Å². The van der Waals surface area contributed by atoms with E-state index in [0.29, 0.717) is 12.2 Å². The number of rotatable bonds is 6. The number of benzene rings is 1. The minimum atomic E-state index is -0.279. The van der Waals surface area contributed by atoms with Crippen LogP contribution in [0.2, 0.25) is 0 Å². The third-order valence-electron chi connectivity index (χ3n) is 2.72. The van der Waals surface area contributed by atoms with E-state index in [4.69, 9.17) is 0 Å². The molecule has 0 aromatic heterocycles. The largest absolute Gasteiger partial charge is 0.350 e. The van der Waals surface area contributed by atoms with Crippen LogP contribution < -0.4 is 5.32 Å². The second-order valence-electron chi connectivity index (χ2n) is 6.10. The van der Waals surface area contributed by atoms with Gasteiger partial charge in [-0.2, -0.15) is 0 Å². The molecular weight excluding hydrogens is 364 g/mol. The lowest BCUT2D eigenvalue weighted by atomic mass is 10.1. The molecule has 0 saturated carbocycles. The Morgan fingerprint density at radius 1 is 1.23 bits per heavy atom. The van der Waals surface area contributed by atoms with Crippen molar-refractivity contribution < 1.29 is 9.59 Å². The number of nitrogens with one attached hydrogen (secondary N) is 1. The summed E-state index contributed by atoms with van der Waals surface area (Å²) in [6, 6.07) is 7.99. The molecule has 0 spiro atoms. The van der Waals surface area contributed by atoms with Gasteiger partial charge in [-0.25, -0.2) is 0 Å². The zero-order valence-corrected chi connectivity index (χ0v) is 15.9. The van der Waals surface area contributed by atoms with E-state index in [1.807, 2.05) is 45.0 Å². The first-order valence-corrected chi connectivity index (χ1v) is 8.88. The third kappa shape index (κ3) is 7.84. The molecule has 4 nitrogen and oxygen atoms in total. The first-order chi connectivity index (χ1) is 10.2. The van der Waals surface area contributed by atoms with Gasteiger partial charge in [0.2, 0.25) is 11.8 Å². The lowest BCUT2D eigenvalue weighted by Gasteiger charge is -2.23. The van der Waals surface area contributed by atoms with Crippen LogP contribution >= 0.6 is 27.7 Å². The molecule has 6 heteroatoms. The van der Waals surface area contributed by atoms with Crippen molar-refractivity contribution in [1.82, 2.24) is 10.2 Å². The highest BCUT2D eigenvalue weighted by molar-refractivity contribution is 9.10. The Labute approximate surface area is 145 Å². The molecule has 0 atom stereocenters. The van der Waals surface area contributed by atoms with Gasteiger partial charge in [0.05, 0.1) is 6.54 Å². The zero-order chi connectivity index (χ0) is 16.8. The monoisotopic (exact) mass is 386 g/mol. The van der Waals surface area contributed by atoms with Crippen LogP contribution in [0.3, 0.4) is 0 Å². The smallest absolute Gasteiger partial charge is 0.240 e. The quantitative estimate of drug-likeness (QED) is 0.762. The Balaban J connectivity index is 2.32. The van der Waals surface area contributed by atoms with Crippen LogP contribution in [-0.4, -0.2) is 41.6 Å². The molecule has 1 aromatic carbocycles. The predicted octanol–water partition coefficient (Wildman–Crippen LogP) is 3.30. The van der Waals surface area contributed by atoms with E-state index in [9.17, 15) is 9.59 Å². The number of amides is 2. The van der Waals surface area contributed by atoms with Crippen molar-refractivity contribution in [2.24, 2.45) is 0 Å². The van der Waals surface area contributed by atoms with Crippen LogP contribution in [0.25, 0.3) is 0 Å². The van der Waals surface area contributed by atoms with Crippen LogP contribution in [0, 0.1) is 0 Å². The van der Waals surface area contributed by atoms with Gasteiger partial charge in [-0.15, -0.1) is 11.8 Å². The molecule has 2 amide bonds. The van der Waals surface area contributed by atoms with E-state index in [2.05, 4.69) is 21.2 Å². The highest BCUT2D eigenvalue weighted by atomic mass is 79.9. The van der Waals surface area contributed by atoms with Crippen molar-refractivity contribution in [2.75, 3.05) is 19.3 Å². The SMILES string of the molecule is CN(CC(=O)NC(C)(C)C)C(=O)CCSc1ccc(Br)cc1. The Bertz CT molecular complexity index is 512. The maximum Gasteiger partial charge on any atom is 0.240 e. The fraction of sp³-hybridized carbons (Fsp3) is 0.500. The van der Waals surface area contributed by atoms with Crippen molar-refractivity contribution >= 4 is 39.5 Å². The minimum absolute atomic E-state index is 0.0197. The van der Waals surface area contributed by atoms with Crippen molar-refractivity contribution in [3.05, 3.63) is 28.7 Å². The highest BCUT2D eigenvalue weighted by Gasteiger charge is 2.17. The maximum atomic E-state index is 12.0. The van der Waals surface area contributed by atoms with Crippen molar-refractivity contribution in [1.29, 1.82) is 0 Å². The van der Waals surface area contributed by atoms with Crippen LogP contribution in [0.1, 0.15) is 27.2 Å². The molecule has 0 bridgehead atoms. The molecular formula is C16H23BrN2O2S. The van der Waals surface area contributed by atoms with Gasteiger partial charge in [0.15, 0.2) is 0 Å². The normalized spacial score (nSPS) is 11.1. The van der Waals surface area contributed by atoms with Crippen molar-refractivity contribution in [3.63, 3.8) is 0 Å². The van der Waals surface area contributed by atoms with Crippen LogP contribution in [0.5, 0.6) is 0 Å². The fourth-order valence-corrected chi connectivity index (χ4v) is 2.84. The van der Waals surface area contributed by atoms with Crippen LogP contribution in [-0.2, 0) is 9.59 Å². The molecule has 0 heterocycles. The summed E-state index contributed by atoms with van der Waals surface area (Å²) in [5.74, 6) is 0.545. The van der Waals surface area contributed by atoms with Crippen LogP contribution in [0.4, 0.5) is 0 Å².